The predicted octanol–water partition coefficient (Wildman–Crippen LogP) is 4.26. The van der Waals surface area contributed by atoms with Crippen molar-refractivity contribution in [1.29, 1.82) is 0 Å². The largest absolute Gasteiger partial charge is 0.391 e. The van der Waals surface area contributed by atoms with Gasteiger partial charge in [-0.3, -0.25) is 0 Å². The fourth-order valence-electron chi connectivity index (χ4n) is 2.76. The summed E-state index contributed by atoms with van der Waals surface area (Å²) in [5.41, 5.74) is 5.56. The lowest BCUT2D eigenvalue weighted by atomic mass is 9.73. The molecule has 0 aliphatic heterocycles. The van der Waals surface area contributed by atoms with E-state index in [9.17, 15) is 13.2 Å². The Kier molecular flexibility index (Phi) is 4.87. The van der Waals surface area contributed by atoms with E-state index in [1.54, 1.807) is 0 Å². The molecule has 102 valence electrons. The maximum Gasteiger partial charge on any atom is 0.391 e. The second kappa shape index (κ2) is 5.59. The number of halogens is 3. The smallest absolute Gasteiger partial charge is 0.325 e. The first-order chi connectivity index (χ1) is 7.73. The first-order valence-electron chi connectivity index (χ1n) is 6.58. The lowest BCUT2D eigenvalue weighted by molar-refractivity contribution is -0.187. The summed E-state index contributed by atoms with van der Waals surface area (Å²) in [7, 11) is 0. The van der Waals surface area contributed by atoms with Crippen molar-refractivity contribution in [2.24, 2.45) is 17.6 Å². The van der Waals surface area contributed by atoms with E-state index in [4.69, 9.17) is 5.73 Å². The van der Waals surface area contributed by atoms with Crippen LogP contribution in [0.1, 0.15) is 58.8 Å². The minimum atomic E-state index is -4.07. The number of hydrogen-bond acceptors (Lipinski definition) is 1. The van der Waals surface area contributed by atoms with Crippen LogP contribution in [0.25, 0.3) is 0 Å². The molecule has 2 atom stereocenters. The van der Waals surface area contributed by atoms with Crippen LogP contribution in [0.2, 0.25) is 0 Å². The van der Waals surface area contributed by atoms with Crippen LogP contribution in [0.15, 0.2) is 0 Å². The van der Waals surface area contributed by atoms with E-state index >= 15 is 0 Å². The Morgan fingerprint density at radius 3 is 2.53 bits per heavy atom. The van der Waals surface area contributed by atoms with Crippen molar-refractivity contribution in [3.05, 3.63) is 0 Å². The molecule has 0 aromatic carbocycles. The lowest BCUT2D eigenvalue weighted by Crippen LogP contribution is -2.47. The zero-order valence-electron chi connectivity index (χ0n) is 10.8. The minimum Gasteiger partial charge on any atom is -0.325 e. The van der Waals surface area contributed by atoms with Gasteiger partial charge in [-0.2, -0.15) is 13.2 Å². The molecular formula is C13H24F3N. The normalized spacial score (nSPS) is 30.9. The van der Waals surface area contributed by atoms with Gasteiger partial charge in [-0.05, 0) is 31.6 Å². The number of alkyl halides is 3. The van der Waals surface area contributed by atoms with Gasteiger partial charge in [0.2, 0.25) is 0 Å². The molecule has 1 rings (SSSR count). The van der Waals surface area contributed by atoms with Crippen molar-refractivity contribution < 1.29 is 13.2 Å². The van der Waals surface area contributed by atoms with Crippen molar-refractivity contribution in [1.82, 2.24) is 0 Å². The van der Waals surface area contributed by atoms with Crippen LogP contribution in [0.3, 0.4) is 0 Å². The fourth-order valence-corrected chi connectivity index (χ4v) is 2.76. The van der Waals surface area contributed by atoms with Gasteiger partial charge in [0.1, 0.15) is 0 Å². The zero-order chi connectivity index (χ0) is 13.1. The Morgan fingerprint density at radius 2 is 2.00 bits per heavy atom. The molecule has 17 heavy (non-hydrogen) atoms. The second-order valence-electron chi connectivity index (χ2n) is 5.98. The average molecular weight is 251 g/mol. The first kappa shape index (κ1) is 14.8. The Bertz CT molecular complexity index is 237. The monoisotopic (exact) mass is 251 g/mol. The summed E-state index contributed by atoms with van der Waals surface area (Å²) in [6, 6.07) is 0. The van der Waals surface area contributed by atoms with Crippen molar-refractivity contribution in [2.75, 3.05) is 0 Å². The van der Waals surface area contributed by atoms with Gasteiger partial charge in [0.15, 0.2) is 0 Å². The summed E-state index contributed by atoms with van der Waals surface area (Å²) < 4.78 is 38.0. The molecule has 0 saturated heterocycles. The number of rotatable bonds is 4. The van der Waals surface area contributed by atoms with E-state index in [2.05, 4.69) is 13.8 Å². The van der Waals surface area contributed by atoms with E-state index < -0.39 is 17.6 Å². The molecule has 1 aliphatic carbocycles. The van der Waals surface area contributed by atoms with Crippen LogP contribution in [-0.4, -0.2) is 11.7 Å². The highest BCUT2D eigenvalue weighted by atomic mass is 19.4. The van der Waals surface area contributed by atoms with Gasteiger partial charge in [0.25, 0.3) is 0 Å². The second-order valence-corrected chi connectivity index (χ2v) is 5.98. The summed E-state index contributed by atoms with van der Waals surface area (Å²) in [4.78, 5) is 0. The third-order valence-electron chi connectivity index (χ3n) is 3.80. The summed E-state index contributed by atoms with van der Waals surface area (Å²) in [6.45, 7) is 4.26. The highest BCUT2D eigenvalue weighted by molar-refractivity contribution is 4.92. The van der Waals surface area contributed by atoms with Gasteiger partial charge in [0.05, 0.1) is 5.92 Å². The predicted molar refractivity (Wildman–Crippen MR) is 63.6 cm³/mol. The van der Waals surface area contributed by atoms with Gasteiger partial charge in [-0.25, -0.2) is 0 Å². The molecule has 1 fully saturated rings. The van der Waals surface area contributed by atoms with Crippen molar-refractivity contribution in [3.63, 3.8) is 0 Å². The molecule has 1 nitrogen and oxygen atoms in total. The van der Waals surface area contributed by atoms with Gasteiger partial charge in [0, 0.05) is 5.54 Å². The molecule has 4 heteroatoms. The summed E-state index contributed by atoms with van der Waals surface area (Å²) in [5, 5.41) is 0. The minimum absolute atomic E-state index is 0.120. The molecule has 1 aliphatic rings. The van der Waals surface area contributed by atoms with Crippen LogP contribution in [0.4, 0.5) is 13.2 Å². The van der Waals surface area contributed by atoms with E-state index in [0.29, 0.717) is 12.3 Å². The first-order valence-corrected chi connectivity index (χ1v) is 6.58. The summed E-state index contributed by atoms with van der Waals surface area (Å²) in [6.07, 6.45) is 0.399. The molecule has 2 unspecified atom stereocenters. The van der Waals surface area contributed by atoms with E-state index in [1.807, 2.05) is 0 Å². The third-order valence-corrected chi connectivity index (χ3v) is 3.80. The topological polar surface area (TPSA) is 26.0 Å². The van der Waals surface area contributed by atoms with E-state index in [1.165, 1.54) is 0 Å². The van der Waals surface area contributed by atoms with Gasteiger partial charge >= 0.3 is 6.18 Å². The van der Waals surface area contributed by atoms with Crippen LogP contribution >= 0.6 is 0 Å². The maximum atomic E-state index is 12.7. The molecule has 1 saturated carbocycles. The molecule has 0 spiro atoms. The third kappa shape index (κ3) is 4.86. The SMILES string of the molecule is CC(C)CCCC1(N)CCCC(C(F)(F)F)C1. The average Bonchev–Trinajstić information content (AvgIpc) is 2.15. The Balaban J connectivity index is 2.46. The summed E-state index contributed by atoms with van der Waals surface area (Å²) >= 11 is 0. The lowest BCUT2D eigenvalue weighted by Gasteiger charge is -2.39. The van der Waals surface area contributed by atoms with Crippen molar-refractivity contribution in [2.45, 2.75) is 70.5 Å². The molecule has 0 aromatic heterocycles. The molecule has 2 N–H and O–H groups in total. The van der Waals surface area contributed by atoms with E-state index in [0.717, 1.165) is 25.7 Å². The highest BCUT2D eigenvalue weighted by Gasteiger charge is 2.45. The fraction of sp³-hybridized carbons (Fsp3) is 1.00. The van der Waals surface area contributed by atoms with Gasteiger partial charge < -0.3 is 5.73 Å². The number of nitrogens with two attached hydrogens (primary N) is 1. The number of hydrogen-bond donors (Lipinski definition) is 1. The molecule has 0 radical (unpaired) electrons. The van der Waals surface area contributed by atoms with E-state index in [-0.39, 0.29) is 12.8 Å². The van der Waals surface area contributed by atoms with Crippen LogP contribution < -0.4 is 5.73 Å². The molecule has 0 heterocycles. The summed E-state index contributed by atoms with van der Waals surface area (Å²) in [5.74, 6) is -0.582. The zero-order valence-corrected chi connectivity index (χ0v) is 10.8. The quantitative estimate of drug-likeness (QED) is 0.793. The highest BCUT2D eigenvalue weighted by Crippen LogP contribution is 2.42. The molecule has 0 bridgehead atoms. The molecular weight excluding hydrogens is 227 g/mol. The molecule has 0 amide bonds. The Labute approximate surface area is 102 Å². The van der Waals surface area contributed by atoms with Crippen LogP contribution in [0, 0.1) is 11.8 Å². The van der Waals surface area contributed by atoms with Gasteiger partial charge in [-0.1, -0.05) is 33.1 Å². The van der Waals surface area contributed by atoms with Crippen LogP contribution in [-0.2, 0) is 0 Å². The maximum absolute atomic E-state index is 12.7. The standard InChI is InChI=1S/C13H24F3N/c1-10(2)5-3-7-12(17)8-4-6-11(9-12)13(14,15)16/h10-11H,3-9,17H2,1-2H3. The van der Waals surface area contributed by atoms with Crippen molar-refractivity contribution in [3.8, 4) is 0 Å². The van der Waals surface area contributed by atoms with Crippen molar-refractivity contribution >= 4 is 0 Å². The van der Waals surface area contributed by atoms with Gasteiger partial charge in [-0.15, -0.1) is 0 Å². The molecule has 0 aromatic rings. The Morgan fingerprint density at radius 1 is 1.35 bits per heavy atom. The Hall–Kier alpha value is -0.250. The van der Waals surface area contributed by atoms with Crippen LogP contribution in [0.5, 0.6) is 0 Å².